The average molecular weight is 309 g/mol. The number of aromatic nitrogens is 2. The van der Waals surface area contributed by atoms with Gasteiger partial charge in [0.05, 0.1) is 5.39 Å². The molecule has 2 aromatic heterocycles. The molecule has 0 spiro atoms. The second kappa shape index (κ2) is 5.69. The van der Waals surface area contributed by atoms with Crippen LogP contribution in [0.3, 0.4) is 0 Å². The first-order valence-electron chi connectivity index (χ1n) is 7.90. The highest BCUT2D eigenvalue weighted by Crippen LogP contribution is 2.38. The lowest BCUT2D eigenvalue weighted by molar-refractivity contribution is 0.713. The zero-order chi connectivity index (χ0) is 14.9. The summed E-state index contributed by atoms with van der Waals surface area (Å²) >= 11 is 1.85. The molecular formula is C18H19N3S. The molecule has 0 saturated carbocycles. The molecule has 1 aliphatic carbocycles. The molecule has 0 unspecified atom stereocenters. The Kier molecular flexibility index (Phi) is 3.54. The summed E-state index contributed by atoms with van der Waals surface area (Å²) in [6, 6.07) is 8.45. The van der Waals surface area contributed by atoms with E-state index in [-0.39, 0.29) is 0 Å². The van der Waals surface area contributed by atoms with Crippen LogP contribution in [0.5, 0.6) is 0 Å². The molecule has 4 heteroatoms. The number of fused-ring (bicyclic) bond motifs is 3. The average Bonchev–Trinajstić information content (AvgIpc) is 2.73. The van der Waals surface area contributed by atoms with E-state index in [1.807, 2.05) is 11.3 Å². The van der Waals surface area contributed by atoms with E-state index in [0.717, 1.165) is 22.8 Å². The lowest BCUT2D eigenvalue weighted by Crippen LogP contribution is -1.96. The summed E-state index contributed by atoms with van der Waals surface area (Å²) < 4.78 is 0. The van der Waals surface area contributed by atoms with E-state index in [1.165, 1.54) is 47.1 Å². The quantitative estimate of drug-likeness (QED) is 0.676. The molecule has 0 bridgehead atoms. The van der Waals surface area contributed by atoms with Crippen LogP contribution in [-0.4, -0.2) is 9.97 Å². The monoisotopic (exact) mass is 309 g/mol. The Morgan fingerprint density at radius 3 is 2.68 bits per heavy atom. The van der Waals surface area contributed by atoms with Crippen molar-refractivity contribution in [2.75, 3.05) is 5.32 Å². The first-order valence-corrected chi connectivity index (χ1v) is 8.72. The molecule has 1 N–H and O–H groups in total. The standard InChI is InChI=1S/C18H19N3S/c1-12-7-9-13(10-8-12)21-17-16-14-5-3-2-4-6-15(14)22-18(16)20-11-19-17/h7-11H,2-6H2,1H3,(H,19,20,21). The first-order chi connectivity index (χ1) is 10.8. The molecule has 112 valence electrons. The van der Waals surface area contributed by atoms with Crippen molar-refractivity contribution >= 4 is 33.1 Å². The summed E-state index contributed by atoms with van der Waals surface area (Å²) in [5.74, 6) is 0.952. The molecule has 22 heavy (non-hydrogen) atoms. The predicted octanol–water partition coefficient (Wildman–Crippen LogP) is 5.01. The lowest BCUT2D eigenvalue weighted by atomic mass is 10.1. The number of anilines is 2. The van der Waals surface area contributed by atoms with Gasteiger partial charge in [-0.3, -0.25) is 0 Å². The minimum Gasteiger partial charge on any atom is -0.340 e. The Morgan fingerprint density at radius 2 is 1.82 bits per heavy atom. The van der Waals surface area contributed by atoms with Crippen LogP contribution in [0.2, 0.25) is 0 Å². The molecule has 0 amide bonds. The van der Waals surface area contributed by atoms with Crippen molar-refractivity contribution in [3.63, 3.8) is 0 Å². The molecule has 0 atom stereocenters. The number of rotatable bonds is 2. The number of benzene rings is 1. The van der Waals surface area contributed by atoms with Gasteiger partial charge in [0.25, 0.3) is 0 Å². The van der Waals surface area contributed by atoms with Crippen LogP contribution in [0.1, 0.15) is 35.3 Å². The van der Waals surface area contributed by atoms with Gasteiger partial charge in [0.15, 0.2) is 0 Å². The smallest absolute Gasteiger partial charge is 0.142 e. The Balaban J connectivity index is 1.80. The molecule has 2 heterocycles. The number of hydrogen-bond acceptors (Lipinski definition) is 4. The third-order valence-electron chi connectivity index (χ3n) is 4.32. The van der Waals surface area contributed by atoms with Gasteiger partial charge >= 0.3 is 0 Å². The summed E-state index contributed by atoms with van der Waals surface area (Å²) in [5, 5.41) is 4.73. The van der Waals surface area contributed by atoms with Crippen molar-refractivity contribution in [1.29, 1.82) is 0 Å². The van der Waals surface area contributed by atoms with Gasteiger partial charge in [-0.15, -0.1) is 11.3 Å². The Morgan fingerprint density at radius 1 is 1.00 bits per heavy atom. The summed E-state index contributed by atoms with van der Waals surface area (Å²) in [7, 11) is 0. The molecule has 0 aliphatic heterocycles. The summed E-state index contributed by atoms with van der Waals surface area (Å²) in [6.45, 7) is 2.10. The molecule has 3 nitrogen and oxygen atoms in total. The van der Waals surface area contributed by atoms with E-state index in [0.29, 0.717) is 0 Å². The predicted molar refractivity (Wildman–Crippen MR) is 93.1 cm³/mol. The highest BCUT2D eigenvalue weighted by Gasteiger charge is 2.18. The summed E-state index contributed by atoms with van der Waals surface area (Å²) in [4.78, 5) is 11.7. The van der Waals surface area contributed by atoms with Crippen molar-refractivity contribution in [1.82, 2.24) is 9.97 Å². The normalized spacial score (nSPS) is 14.6. The molecule has 1 aromatic carbocycles. The molecule has 3 aromatic rings. The summed E-state index contributed by atoms with van der Waals surface area (Å²) in [5.41, 5.74) is 3.83. The van der Waals surface area contributed by atoms with Crippen molar-refractivity contribution in [2.45, 2.75) is 39.0 Å². The molecule has 1 aliphatic rings. The van der Waals surface area contributed by atoms with E-state index in [1.54, 1.807) is 6.33 Å². The largest absolute Gasteiger partial charge is 0.340 e. The number of nitrogens with one attached hydrogen (secondary N) is 1. The van der Waals surface area contributed by atoms with Crippen molar-refractivity contribution in [3.05, 3.63) is 46.6 Å². The molecule has 4 rings (SSSR count). The Labute approximate surface area is 134 Å². The fourth-order valence-electron chi connectivity index (χ4n) is 3.14. The van der Waals surface area contributed by atoms with Gasteiger partial charge in [-0.25, -0.2) is 9.97 Å². The SMILES string of the molecule is Cc1ccc(Nc2ncnc3sc4c(c23)CCCCC4)cc1. The number of thiophene rings is 1. The fraction of sp³-hybridized carbons (Fsp3) is 0.333. The minimum atomic E-state index is 0.952. The van der Waals surface area contributed by atoms with Crippen LogP contribution < -0.4 is 5.32 Å². The van der Waals surface area contributed by atoms with Crippen molar-refractivity contribution < 1.29 is 0 Å². The van der Waals surface area contributed by atoms with Gasteiger partial charge < -0.3 is 5.32 Å². The second-order valence-electron chi connectivity index (χ2n) is 5.96. The highest BCUT2D eigenvalue weighted by atomic mass is 32.1. The van der Waals surface area contributed by atoms with Gasteiger partial charge in [-0.2, -0.15) is 0 Å². The van der Waals surface area contributed by atoms with Crippen molar-refractivity contribution in [3.8, 4) is 0 Å². The zero-order valence-corrected chi connectivity index (χ0v) is 13.5. The van der Waals surface area contributed by atoms with Crippen LogP contribution >= 0.6 is 11.3 Å². The van der Waals surface area contributed by atoms with E-state index < -0.39 is 0 Å². The second-order valence-corrected chi connectivity index (χ2v) is 7.04. The third kappa shape index (κ3) is 2.48. The number of nitrogens with zero attached hydrogens (tertiary/aromatic N) is 2. The van der Waals surface area contributed by atoms with Gasteiger partial charge in [0, 0.05) is 10.6 Å². The number of aryl methyl sites for hydroxylation is 3. The zero-order valence-electron chi connectivity index (χ0n) is 12.7. The van der Waals surface area contributed by atoms with E-state index in [4.69, 9.17) is 0 Å². The molecule has 0 radical (unpaired) electrons. The minimum absolute atomic E-state index is 0.952. The maximum Gasteiger partial charge on any atom is 0.142 e. The first kappa shape index (κ1) is 13.7. The molecular weight excluding hydrogens is 290 g/mol. The lowest BCUT2D eigenvalue weighted by Gasteiger charge is -2.08. The van der Waals surface area contributed by atoms with Crippen LogP contribution in [0.15, 0.2) is 30.6 Å². The number of hydrogen-bond donors (Lipinski definition) is 1. The van der Waals surface area contributed by atoms with Gasteiger partial charge in [0.1, 0.15) is 17.0 Å². The van der Waals surface area contributed by atoms with Crippen LogP contribution in [0.25, 0.3) is 10.2 Å². The van der Waals surface area contributed by atoms with Gasteiger partial charge in [-0.1, -0.05) is 24.1 Å². The van der Waals surface area contributed by atoms with Gasteiger partial charge in [0.2, 0.25) is 0 Å². The highest BCUT2D eigenvalue weighted by molar-refractivity contribution is 7.18. The van der Waals surface area contributed by atoms with Crippen LogP contribution in [-0.2, 0) is 12.8 Å². The third-order valence-corrected chi connectivity index (χ3v) is 5.52. The Bertz CT molecular complexity index is 805. The fourth-order valence-corrected chi connectivity index (χ4v) is 4.36. The van der Waals surface area contributed by atoms with E-state index in [2.05, 4.69) is 46.5 Å². The van der Waals surface area contributed by atoms with Crippen LogP contribution in [0.4, 0.5) is 11.5 Å². The van der Waals surface area contributed by atoms with E-state index >= 15 is 0 Å². The van der Waals surface area contributed by atoms with Crippen molar-refractivity contribution in [2.24, 2.45) is 0 Å². The van der Waals surface area contributed by atoms with Crippen LogP contribution in [0, 0.1) is 6.92 Å². The molecule has 0 fully saturated rings. The maximum atomic E-state index is 4.52. The maximum absolute atomic E-state index is 4.52. The van der Waals surface area contributed by atoms with Gasteiger partial charge in [-0.05, 0) is 50.3 Å². The topological polar surface area (TPSA) is 37.8 Å². The molecule has 0 saturated heterocycles. The summed E-state index contributed by atoms with van der Waals surface area (Å²) in [6.07, 6.45) is 7.93. The Hall–Kier alpha value is -1.94. The van der Waals surface area contributed by atoms with E-state index in [9.17, 15) is 0 Å².